The van der Waals surface area contributed by atoms with Crippen molar-refractivity contribution in [3.8, 4) is 0 Å². The van der Waals surface area contributed by atoms with Crippen LogP contribution >= 0.6 is 0 Å². The van der Waals surface area contributed by atoms with E-state index in [4.69, 9.17) is 5.73 Å². The van der Waals surface area contributed by atoms with Crippen LogP contribution in [0.4, 0.5) is 21.5 Å². The molecule has 6 rings (SSSR count). The van der Waals surface area contributed by atoms with Crippen molar-refractivity contribution in [3.63, 3.8) is 0 Å². The van der Waals surface area contributed by atoms with Crippen LogP contribution in [0.2, 0.25) is 0 Å². The molecule has 0 radical (unpaired) electrons. The number of carbonyl (C=O) groups excluding carboxylic acids is 3. The highest BCUT2D eigenvalue weighted by Gasteiger charge is 2.55. The summed E-state index contributed by atoms with van der Waals surface area (Å²) in [5, 5.41) is 1.47. The average molecular weight is 493 g/mol. The Hall–Kier alpha value is -4.85. The van der Waals surface area contributed by atoms with Gasteiger partial charge in [-0.15, -0.1) is 0 Å². The molecular formula is C29H21FN4O3. The van der Waals surface area contributed by atoms with E-state index in [2.05, 4.69) is 4.98 Å². The molecule has 1 aliphatic rings. The van der Waals surface area contributed by atoms with Crippen molar-refractivity contribution in [2.24, 2.45) is 0 Å². The Balaban J connectivity index is 1.55. The fraction of sp³-hybridized carbons (Fsp3) is 0.103. The van der Waals surface area contributed by atoms with E-state index in [1.165, 1.54) is 42.3 Å². The Morgan fingerprint density at radius 3 is 2.41 bits per heavy atom. The third-order valence-corrected chi connectivity index (χ3v) is 7.09. The number of halogens is 1. The Morgan fingerprint density at radius 2 is 1.68 bits per heavy atom. The second-order valence-electron chi connectivity index (χ2n) is 9.27. The van der Waals surface area contributed by atoms with Crippen molar-refractivity contribution in [2.45, 2.75) is 19.3 Å². The SMILES string of the molecule is CC(=O)n1c2ccccc2c2cc(C(=O)[C@@]3(C)C(=O)N(c4ccc(F)cc4)c4cccc(N)c43)ncc21. The fourth-order valence-electron chi connectivity index (χ4n) is 5.37. The molecule has 0 unspecified atom stereocenters. The largest absolute Gasteiger partial charge is 0.398 e. The highest BCUT2D eigenvalue weighted by atomic mass is 19.1. The van der Waals surface area contributed by atoms with Crippen LogP contribution in [0.1, 0.15) is 34.7 Å². The molecule has 0 fully saturated rings. The van der Waals surface area contributed by atoms with E-state index in [0.717, 1.165) is 5.39 Å². The molecule has 3 aromatic carbocycles. The molecule has 5 aromatic rings. The molecule has 1 amide bonds. The van der Waals surface area contributed by atoms with Gasteiger partial charge in [0.25, 0.3) is 0 Å². The molecule has 8 heteroatoms. The van der Waals surface area contributed by atoms with Crippen LogP contribution in [-0.4, -0.2) is 27.1 Å². The van der Waals surface area contributed by atoms with Gasteiger partial charge in [-0.05, 0) is 55.5 Å². The first-order chi connectivity index (χ1) is 17.7. The first-order valence-electron chi connectivity index (χ1n) is 11.7. The monoisotopic (exact) mass is 492 g/mol. The number of ketones is 1. The number of amides is 1. The summed E-state index contributed by atoms with van der Waals surface area (Å²) in [6, 6.07) is 19.6. The van der Waals surface area contributed by atoms with Gasteiger partial charge in [-0.2, -0.15) is 0 Å². The second-order valence-corrected chi connectivity index (χ2v) is 9.27. The zero-order valence-electron chi connectivity index (χ0n) is 20.0. The summed E-state index contributed by atoms with van der Waals surface area (Å²) in [5.74, 6) is -1.65. The van der Waals surface area contributed by atoms with Gasteiger partial charge in [0.1, 0.15) is 16.9 Å². The Labute approximate surface area is 210 Å². The zero-order chi connectivity index (χ0) is 26.1. The number of nitrogens with zero attached hydrogens (tertiary/aromatic N) is 3. The number of rotatable bonds is 3. The van der Waals surface area contributed by atoms with Crippen molar-refractivity contribution in [3.05, 3.63) is 96.1 Å². The number of Topliss-reactive ketones (excluding diaryl/α,β-unsaturated/α-hetero) is 1. The van der Waals surface area contributed by atoms with Gasteiger partial charge >= 0.3 is 0 Å². The van der Waals surface area contributed by atoms with E-state index in [0.29, 0.717) is 39.0 Å². The summed E-state index contributed by atoms with van der Waals surface area (Å²) >= 11 is 0. The molecule has 0 bridgehead atoms. The molecule has 0 spiro atoms. The van der Waals surface area contributed by atoms with Gasteiger partial charge < -0.3 is 5.73 Å². The Bertz CT molecular complexity index is 1790. The van der Waals surface area contributed by atoms with Crippen molar-refractivity contribution in [1.29, 1.82) is 0 Å². The third kappa shape index (κ3) is 3.05. The predicted octanol–water partition coefficient (Wildman–Crippen LogP) is 5.39. The number of nitrogen functional groups attached to an aromatic ring is 1. The summed E-state index contributed by atoms with van der Waals surface area (Å²) in [5.41, 5.74) is 7.57. The number of hydrogen-bond acceptors (Lipinski definition) is 5. The van der Waals surface area contributed by atoms with Crippen LogP contribution in [0.25, 0.3) is 21.8 Å². The number of para-hydroxylation sites is 1. The molecule has 1 aliphatic heterocycles. The van der Waals surface area contributed by atoms with Gasteiger partial charge in [0.05, 0.1) is 22.9 Å². The summed E-state index contributed by atoms with van der Waals surface area (Å²) in [4.78, 5) is 46.3. The standard InChI is InChI=1S/C29H21FN4O3/c1-16(35)33-23-8-4-3-6-19(23)20-14-22(32-15-25(20)33)27(36)29(2)26-21(31)7-5-9-24(26)34(28(29)37)18-12-10-17(30)11-13-18/h3-15H,31H2,1-2H3/t29-/m0/s1. The minimum atomic E-state index is -1.67. The van der Waals surface area contributed by atoms with Crippen LogP contribution in [-0.2, 0) is 10.2 Å². The van der Waals surface area contributed by atoms with E-state index in [1.54, 1.807) is 35.8 Å². The highest BCUT2D eigenvalue weighted by Crippen LogP contribution is 2.49. The smallest absolute Gasteiger partial charge is 0.250 e. The maximum Gasteiger partial charge on any atom is 0.250 e. The third-order valence-electron chi connectivity index (χ3n) is 7.09. The lowest BCUT2D eigenvalue weighted by Gasteiger charge is -2.23. The summed E-state index contributed by atoms with van der Waals surface area (Å²) < 4.78 is 15.2. The summed E-state index contributed by atoms with van der Waals surface area (Å²) in [6.07, 6.45) is 1.49. The van der Waals surface area contributed by atoms with Gasteiger partial charge in [0, 0.05) is 34.6 Å². The predicted molar refractivity (Wildman–Crippen MR) is 140 cm³/mol. The lowest BCUT2D eigenvalue weighted by atomic mass is 9.77. The zero-order valence-corrected chi connectivity index (χ0v) is 20.0. The number of carbonyl (C=O) groups is 3. The molecule has 2 aromatic heterocycles. The molecule has 182 valence electrons. The highest BCUT2D eigenvalue weighted by molar-refractivity contribution is 6.29. The number of nitrogens with two attached hydrogens (primary N) is 1. The van der Waals surface area contributed by atoms with Gasteiger partial charge in [0.2, 0.25) is 17.6 Å². The maximum atomic E-state index is 14.1. The van der Waals surface area contributed by atoms with Crippen LogP contribution < -0.4 is 10.6 Å². The maximum absolute atomic E-state index is 14.1. The van der Waals surface area contributed by atoms with E-state index in [-0.39, 0.29) is 11.6 Å². The van der Waals surface area contributed by atoms with Gasteiger partial charge in [-0.3, -0.25) is 28.8 Å². The molecule has 0 saturated carbocycles. The van der Waals surface area contributed by atoms with Crippen molar-refractivity contribution in [1.82, 2.24) is 9.55 Å². The number of benzene rings is 3. The molecule has 1 atom stereocenters. The minimum absolute atomic E-state index is 0.0740. The molecule has 37 heavy (non-hydrogen) atoms. The van der Waals surface area contributed by atoms with E-state index in [1.807, 2.05) is 24.3 Å². The van der Waals surface area contributed by atoms with Crippen LogP contribution in [0.15, 0.2) is 79.0 Å². The molecular weight excluding hydrogens is 471 g/mol. The van der Waals surface area contributed by atoms with Gasteiger partial charge in [-0.25, -0.2) is 4.39 Å². The molecule has 0 aliphatic carbocycles. The van der Waals surface area contributed by atoms with Crippen LogP contribution in [0, 0.1) is 5.82 Å². The number of anilines is 3. The topological polar surface area (TPSA) is 98.3 Å². The van der Waals surface area contributed by atoms with Crippen LogP contribution in [0.5, 0.6) is 0 Å². The Morgan fingerprint density at radius 1 is 0.946 bits per heavy atom. The van der Waals surface area contributed by atoms with E-state index >= 15 is 0 Å². The minimum Gasteiger partial charge on any atom is -0.398 e. The number of fused-ring (bicyclic) bond motifs is 4. The van der Waals surface area contributed by atoms with E-state index < -0.39 is 22.9 Å². The molecule has 2 N–H and O–H groups in total. The Kier molecular flexibility index (Phi) is 4.78. The van der Waals surface area contributed by atoms with Gasteiger partial charge in [0.15, 0.2) is 0 Å². The van der Waals surface area contributed by atoms with Crippen LogP contribution in [0.3, 0.4) is 0 Å². The van der Waals surface area contributed by atoms with Gasteiger partial charge in [-0.1, -0.05) is 24.3 Å². The van der Waals surface area contributed by atoms with Crippen molar-refractivity contribution >= 4 is 56.5 Å². The first-order valence-corrected chi connectivity index (χ1v) is 11.7. The molecule has 3 heterocycles. The normalized spacial score (nSPS) is 16.9. The first kappa shape index (κ1) is 22.6. The van der Waals surface area contributed by atoms with E-state index in [9.17, 15) is 18.8 Å². The summed E-state index contributed by atoms with van der Waals surface area (Å²) in [6.45, 7) is 3.01. The second kappa shape index (κ2) is 7.83. The lowest BCUT2D eigenvalue weighted by molar-refractivity contribution is -0.120. The number of aromatic nitrogens is 2. The average Bonchev–Trinajstić information content (AvgIpc) is 3.34. The number of hydrogen-bond donors (Lipinski definition) is 1. The van der Waals surface area contributed by atoms with Crippen molar-refractivity contribution in [2.75, 3.05) is 10.6 Å². The lowest BCUT2D eigenvalue weighted by Crippen LogP contribution is -2.43. The molecule has 7 nitrogen and oxygen atoms in total. The number of pyridine rings is 1. The molecule has 0 saturated heterocycles. The summed E-state index contributed by atoms with van der Waals surface area (Å²) in [7, 11) is 0. The van der Waals surface area contributed by atoms with Crippen molar-refractivity contribution < 1.29 is 18.8 Å². The quantitative estimate of drug-likeness (QED) is 0.207. The fourth-order valence-corrected chi connectivity index (χ4v) is 5.37.